The SMILES string of the molecule is NOOSc1ccc2[nH]c(-c3n[nH]c4cc(Cl)ccc34)cc2c1. The summed E-state index contributed by atoms with van der Waals surface area (Å²) in [5, 5.41) is 10.1. The highest BCUT2D eigenvalue weighted by atomic mass is 35.5. The number of H-pyrrole nitrogens is 2. The molecule has 4 aromatic rings. The van der Waals surface area contributed by atoms with Crippen molar-refractivity contribution in [1.29, 1.82) is 0 Å². The molecular weight excluding hydrogens is 336 g/mol. The maximum absolute atomic E-state index is 6.01. The van der Waals surface area contributed by atoms with Crippen molar-refractivity contribution in [2.45, 2.75) is 4.90 Å². The van der Waals surface area contributed by atoms with Gasteiger partial charge in [0.05, 0.1) is 23.3 Å². The van der Waals surface area contributed by atoms with Gasteiger partial charge in [-0.2, -0.15) is 11.0 Å². The topological polar surface area (TPSA) is 88.9 Å². The van der Waals surface area contributed by atoms with Gasteiger partial charge in [0.2, 0.25) is 0 Å². The lowest BCUT2D eigenvalue weighted by atomic mass is 10.1. The van der Waals surface area contributed by atoms with Gasteiger partial charge in [-0.3, -0.25) is 5.10 Å². The lowest BCUT2D eigenvalue weighted by Crippen LogP contribution is -1.93. The third-order valence-corrected chi connectivity index (χ3v) is 4.37. The lowest BCUT2D eigenvalue weighted by Gasteiger charge is -1.97. The van der Waals surface area contributed by atoms with Gasteiger partial charge in [-0.1, -0.05) is 11.6 Å². The van der Waals surface area contributed by atoms with Crippen LogP contribution >= 0.6 is 23.6 Å². The molecule has 23 heavy (non-hydrogen) atoms. The summed E-state index contributed by atoms with van der Waals surface area (Å²) in [5.41, 5.74) is 3.68. The number of nitrogens with one attached hydrogen (secondary N) is 2. The van der Waals surface area contributed by atoms with E-state index < -0.39 is 0 Å². The molecule has 6 nitrogen and oxygen atoms in total. The van der Waals surface area contributed by atoms with Crippen molar-refractivity contribution < 1.29 is 9.32 Å². The molecule has 0 spiro atoms. The zero-order valence-electron chi connectivity index (χ0n) is 11.7. The summed E-state index contributed by atoms with van der Waals surface area (Å²) in [7, 11) is 0. The largest absolute Gasteiger partial charge is 0.353 e. The lowest BCUT2D eigenvalue weighted by molar-refractivity contribution is -0.195. The number of nitrogens with zero attached hydrogens (tertiary/aromatic N) is 1. The van der Waals surface area contributed by atoms with E-state index in [2.05, 4.69) is 24.5 Å². The quantitative estimate of drug-likeness (QED) is 0.293. The second kappa shape index (κ2) is 5.88. The Balaban J connectivity index is 1.78. The van der Waals surface area contributed by atoms with E-state index in [1.807, 2.05) is 42.5 Å². The Kier molecular flexibility index (Phi) is 3.72. The number of hydrogen-bond donors (Lipinski definition) is 3. The summed E-state index contributed by atoms with van der Waals surface area (Å²) in [6, 6.07) is 13.5. The summed E-state index contributed by atoms with van der Waals surface area (Å²) in [5.74, 6) is 4.85. The molecule has 0 aliphatic carbocycles. The predicted octanol–water partition coefficient (Wildman–Crippen LogP) is 4.19. The molecule has 4 N–H and O–H groups in total. The molecule has 0 amide bonds. The molecule has 0 saturated heterocycles. The van der Waals surface area contributed by atoms with Crippen LogP contribution in [0.2, 0.25) is 5.02 Å². The van der Waals surface area contributed by atoms with E-state index in [0.717, 1.165) is 50.1 Å². The highest BCUT2D eigenvalue weighted by molar-refractivity contribution is 7.94. The second-order valence-corrected chi connectivity index (χ2v) is 6.15. The molecule has 4 rings (SSSR count). The minimum atomic E-state index is 0.674. The average molecular weight is 347 g/mol. The molecule has 0 atom stereocenters. The Morgan fingerprint density at radius 1 is 1.09 bits per heavy atom. The first kappa shape index (κ1) is 14.6. The van der Waals surface area contributed by atoms with Crippen LogP contribution in [-0.2, 0) is 9.32 Å². The van der Waals surface area contributed by atoms with E-state index in [9.17, 15) is 0 Å². The Labute approximate surface area is 140 Å². The number of nitrogens with two attached hydrogens (primary N) is 1. The van der Waals surface area contributed by atoms with Gasteiger partial charge in [0, 0.05) is 26.2 Å². The van der Waals surface area contributed by atoms with Gasteiger partial charge in [-0.25, -0.2) is 0 Å². The summed E-state index contributed by atoms with van der Waals surface area (Å²) in [4.78, 5) is 8.36. The summed E-state index contributed by atoms with van der Waals surface area (Å²) in [6.07, 6.45) is 0. The normalized spacial score (nSPS) is 11.6. The number of aromatic nitrogens is 3. The van der Waals surface area contributed by atoms with E-state index in [1.54, 1.807) is 0 Å². The molecule has 0 fully saturated rings. The van der Waals surface area contributed by atoms with Crippen molar-refractivity contribution in [1.82, 2.24) is 15.2 Å². The number of aromatic amines is 2. The van der Waals surface area contributed by atoms with Crippen molar-refractivity contribution in [2.75, 3.05) is 0 Å². The van der Waals surface area contributed by atoms with Crippen molar-refractivity contribution in [3.63, 3.8) is 0 Å². The predicted molar refractivity (Wildman–Crippen MR) is 90.6 cm³/mol. The smallest absolute Gasteiger partial charge is 0.116 e. The van der Waals surface area contributed by atoms with Crippen molar-refractivity contribution in [2.24, 2.45) is 5.90 Å². The number of rotatable bonds is 4. The zero-order valence-corrected chi connectivity index (χ0v) is 13.2. The van der Waals surface area contributed by atoms with Crippen LogP contribution in [0.5, 0.6) is 0 Å². The molecule has 0 aliphatic heterocycles. The minimum absolute atomic E-state index is 0.674. The monoisotopic (exact) mass is 346 g/mol. The Morgan fingerprint density at radius 3 is 2.87 bits per heavy atom. The van der Waals surface area contributed by atoms with Gasteiger partial charge < -0.3 is 4.98 Å². The number of fused-ring (bicyclic) bond motifs is 2. The maximum atomic E-state index is 6.01. The van der Waals surface area contributed by atoms with Gasteiger partial charge in [0.15, 0.2) is 0 Å². The van der Waals surface area contributed by atoms with E-state index in [-0.39, 0.29) is 0 Å². The third kappa shape index (κ3) is 2.69. The number of hydrogen-bond acceptors (Lipinski definition) is 5. The number of benzene rings is 2. The molecule has 0 bridgehead atoms. The van der Waals surface area contributed by atoms with Gasteiger partial charge >= 0.3 is 0 Å². The molecule has 2 aromatic heterocycles. The van der Waals surface area contributed by atoms with E-state index in [4.69, 9.17) is 17.5 Å². The van der Waals surface area contributed by atoms with Crippen LogP contribution in [-0.4, -0.2) is 15.2 Å². The Morgan fingerprint density at radius 2 is 2.00 bits per heavy atom. The van der Waals surface area contributed by atoms with Crippen LogP contribution in [0.3, 0.4) is 0 Å². The molecule has 0 saturated carbocycles. The molecule has 0 radical (unpaired) electrons. The highest BCUT2D eigenvalue weighted by Gasteiger charge is 2.11. The summed E-state index contributed by atoms with van der Waals surface area (Å²) >= 11 is 7.06. The first-order valence-corrected chi connectivity index (χ1v) is 7.83. The third-order valence-electron chi connectivity index (χ3n) is 3.54. The van der Waals surface area contributed by atoms with E-state index in [0.29, 0.717) is 5.02 Å². The van der Waals surface area contributed by atoms with Crippen LogP contribution < -0.4 is 5.90 Å². The average Bonchev–Trinajstić information content (AvgIpc) is 3.15. The van der Waals surface area contributed by atoms with Crippen LogP contribution in [0.1, 0.15) is 0 Å². The first-order valence-electron chi connectivity index (χ1n) is 6.71. The molecule has 2 heterocycles. The number of halogens is 1. The molecule has 8 heteroatoms. The molecule has 2 aromatic carbocycles. The van der Waals surface area contributed by atoms with Crippen LogP contribution in [0, 0.1) is 0 Å². The molecule has 0 aliphatic rings. The molecule has 0 unspecified atom stereocenters. The van der Waals surface area contributed by atoms with Crippen LogP contribution in [0.25, 0.3) is 33.2 Å². The fourth-order valence-corrected chi connectivity index (χ4v) is 3.13. The van der Waals surface area contributed by atoms with Crippen molar-refractivity contribution >= 4 is 45.4 Å². The fraction of sp³-hybridized carbons (Fsp3) is 0. The first-order chi connectivity index (χ1) is 11.2. The fourth-order valence-electron chi connectivity index (χ4n) is 2.55. The van der Waals surface area contributed by atoms with Crippen LogP contribution in [0.4, 0.5) is 0 Å². The maximum Gasteiger partial charge on any atom is 0.116 e. The van der Waals surface area contributed by atoms with Crippen LogP contribution in [0.15, 0.2) is 47.4 Å². The van der Waals surface area contributed by atoms with Gasteiger partial charge in [0.1, 0.15) is 5.69 Å². The standard InChI is InChI=1S/C15H11ClN4O2S/c16-9-1-3-11-13(7-9)19-20-15(11)14-6-8-5-10(23-22-21-17)2-4-12(8)18-14/h1-7,18H,17H2,(H,19,20). The minimum Gasteiger partial charge on any atom is -0.353 e. The Bertz CT molecular complexity index is 998. The van der Waals surface area contributed by atoms with E-state index in [1.165, 1.54) is 0 Å². The van der Waals surface area contributed by atoms with Crippen molar-refractivity contribution in [3.05, 3.63) is 47.5 Å². The second-order valence-electron chi connectivity index (χ2n) is 4.94. The zero-order chi connectivity index (χ0) is 15.8. The highest BCUT2D eigenvalue weighted by Crippen LogP contribution is 2.31. The van der Waals surface area contributed by atoms with Crippen molar-refractivity contribution in [3.8, 4) is 11.4 Å². The summed E-state index contributed by atoms with van der Waals surface area (Å²) in [6.45, 7) is 0. The summed E-state index contributed by atoms with van der Waals surface area (Å²) < 4.78 is 4.67. The van der Waals surface area contributed by atoms with Gasteiger partial charge in [0.25, 0.3) is 0 Å². The Hall–Kier alpha value is -2.03. The van der Waals surface area contributed by atoms with Gasteiger partial charge in [-0.05, 0) is 42.5 Å². The van der Waals surface area contributed by atoms with E-state index >= 15 is 0 Å². The van der Waals surface area contributed by atoms with Gasteiger partial charge in [-0.15, -0.1) is 9.32 Å². The molecular formula is C15H11ClN4O2S. The molecule has 116 valence electrons.